The number of fused-ring (bicyclic) bond motifs is 1. The lowest BCUT2D eigenvalue weighted by Crippen LogP contribution is -2.49. The molecular weight excluding hydrogens is 414 g/mol. The number of aromatic amines is 1. The molecule has 31 heavy (non-hydrogen) atoms. The molecular formula is C23H25N3O4S. The number of nitrogens with one attached hydrogen (secondary N) is 1. The molecule has 1 fully saturated rings. The first-order chi connectivity index (χ1) is 14.8. The van der Waals surface area contributed by atoms with Crippen molar-refractivity contribution in [2.24, 2.45) is 0 Å². The van der Waals surface area contributed by atoms with Crippen LogP contribution in [0.4, 0.5) is 0 Å². The van der Waals surface area contributed by atoms with E-state index >= 15 is 0 Å². The third-order valence-electron chi connectivity index (χ3n) is 5.77. The normalized spacial score (nSPS) is 15.9. The van der Waals surface area contributed by atoms with E-state index in [2.05, 4.69) is 4.98 Å². The lowest BCUT2D eigenvalue weighted by Gasteiger charge is -2.33. The van der Waals surface area contributed by atoms with Gasteiger partial charge in [0.1, 0.15) is 0 Å². The molecule has 7 nitrogen and oxygen atoms in total. The van der Waals surface area contributed by atoms with Crippen LogP contribution < -0.4 is 0 Å². The fourth-order valence-electron chi connectivity index (χ4n) is 4.06. The number of H-pyrrole nitrogens is 1. The number of aromatic nitrogens is 1. The van der Waals surface area contributed by atoms with E-state index in [1.807, 2.05) is 36.1 Å². The zero-order chi connectivity index (χ0) is 22.2. The Hall–Kier alpha value is -2.81. The van der Waals surface area contributed by atoms with Gasteiger partial charge in [-0.3, -0.25) is 14.5 Å². The number of ketones is 2. The molecule has 0 radical (unpaired) electrons. The number of benzene rings is 2. The average Bonchev–Trinajstić information content (AvgIpc) is 3.10. The van der Waals surface area contributed by atoms with Gasteiger partial charge in [-0.05, 0) is 32.0 Å². The number of carbonyl (C=O) groups excluding carboxylic acids is 2. The maximum atomic E-state index is 13.0. The third kappa shape index (κ3) is 4.19. The Balaban J connectivity index is 1.42. The Bertz CT molecular complexity index is 1240. The molecule has 0 amide bonds. The van der Waals surface area contributed by atoms with E-state index in [-0.39, 0.29) is 23.0 Å². The summed E-state index contributed by atoms with van der Waals surface area (Å²) < 4.78 is 27.3. The Labute approximate surface area is 181 Å². The van der Waals surface area contributed by atoms with E-state index in [0.717, 1.165) is 16.6 Å². The van der Waals surface area contributed by atoms with Crippen molar-refractivity contribution < 1.29 is 18.0 Å². The van der Waals surface area contributed by atoms with Gasteiger partial charge in [-0.25, -0.2) is 8.42 Å². The van der Waals surface area contributed by atoms with Gasteiger partial charge in [-0.15, -0.1) is 0 Å². The summed E-state index contributed by atoms with van der Waals surface area (Å²) in [5.74, 6) is -0.0706. The first-order valence-electron chi connectivity index (χ1n) is 10.2. The maximum absolute atomic E-state index is 13.0. The van der Waals surface area contributed by atoms with Crippen LogP contribution in [0.5, 0.6) is 0 Å². The number of sulfonamides is 1. The SMILES string of the molecule is CC(=O)c1ccc(S(=O)(=O)N2CCN(CC(=O)c3c(C)[nH]c4ccccc34)CC2)cc1. The van der Waals surface area contributed by atoms with Crippen LogP contribution in [0, 0.1) is 6.92 Å². The van der Waals surface area contributed by atoms with Crippen molar-refractivity contribution in [3.05, 3.63) is 65.4 Å². The van der Waals surface area contributed by atoms with Crippen LogP contribution in [0.25, 0.3) is 10.9 Å². The van der Waals surface area contributed by atoms with E-state index in [9.17, 15) is 18.0 Å². The third-order valence-corrected chi connectivity index (χ3v) is 7.68. The Morgan fingerprint density at radius 2 is 1.61 bits per heavy atom. The van der Waals surface area contributed by atoms with Crippen molar-refractivity contribution in [2.45, 2.75) is 18.7 Å². The standard InChI is InChI=1S/C23H25N3O4S/c1-16-23(20-5-3-4-6-21(20)24-16)22(28)15-25-11-13-26(14-12-25)31(29,30)19-9-7-18(8-10-19)17(2)27/h3-10,24H,11-15H2,1-2H3. The largest absolute Gasteiger partial charge is 0.358 e. The molecule has 1 aromatic heterocycles. The first-order valence-corrected chi connectivity index (χ1v) is 11.7. The molecule has 0 aliphatic carbocycles. The number of nitrogens with zero attached hydrogens (tertiary/aromatic N) is 2. The predicted octanol–water partition coefficient (Wildman–Crippen LogP) is 2.87. The minimum Gasteiger partial charge on any atom is -0.358 e. The van der Waals surface area contributed by atoms with Crippen molar-refractivity contribution in [3.63, 3.8) is 0 Å². The molecule has 1 aliphatic rings. The van der Waals surface area contributed by atoms with Crippen LogP contribution in [-0.2, 0) is 10.0 Å². The fourth-order valence-corrected chi connectivity index (χ4v) is 5.48. The summed E-state index contributed by atoms with van der Waals surface area (Å²) >= 11 is 0. The molecule has 0 bridgehead atoms. The summed E-state index contributed by atoms with van der Waals surface area (Å²) in [6, 6.07) is 13.8. The van der Waals surface area contributed by atoms with E-state index < -0.39 is 10.0 Å². The highest BCUT2D eigenvalue weighted by atomic mass is 32.2. The minimum absolute atomic E-state index is 0.0334. The van der Waals surface area contributed by atoms with Gasteiger partial charge >= 0.3 is 0 Å². The smallest absolute Gasteiger partial charge is 0.243 e. The van der Waals surface area contributed by atoms with Gasteiger partial charge in [0.05, 0.1) is 11.4 Å². The monoisotopic (exact) mass is 439 g/mol. The van der Waals surface area contributed by atoms with E-state index in [4.69, 9.17) is 0 Å². The minimum atomic E-state index is -3.63. The second kappa shape index (κ2) is 8.37. The second-order valence-electron chi connectivity index (χ2n) is 7.85. The summed E-state index contributed by atoms with van der Waals surface area (Å²) in [4.78, 5) is 29.8. The number of hydrogen-bond acceptors (Lipinski definition) is 5. The molecule has 2 heterocycles. The molecule has 3 aromatic rings. The van der Waals surface area contributed by atoms with E-state index in [1.54, 1.807) is 0 Å². The van der Waals surface area contributed by atoms with Crippen molar-refractivity contribution in [2.75, 3.05) is 32.7 Å². The summed E-state index contributed by atoms with van der Waals surface area (Å²) in [5, 5.41) is 0.917. The van der Waals surface area contributed by atoms with Gasteiger partial charge in [-0.2, -0.15) is 4.31 Å². The number of rotatable bonds is 6. The number of aryl methyl sites for hydroxylation is 1. The Morgan fingerprint density at radius 3 is 2.26 bits per heavy atom. The van der Waals surface area contributed by atoms with Crippen LogP contribution in [0.15, 0.2) is 53.4 Å². The summed E-state index contributed by atoms with van der Waals surface area (Å²) in [6.45, 7) is 5.20. The highest BCUT2D eigenvalue weighted by Crippen LogP contribution is 2.23. The molecule has 162 valence electrons. The number of piperazine rings is 1. The summed E-state index contributed by atoms with van der Waals surface area (Å²) in [6.07, 6.45) is 0. The van der Waals surface area contributed by atoms with Crippen molar-refractivity contribution in [1.82, 2.24) is 14.2 Å². The molecule has 1 saturated heterocycles. The highest BCUT2D eigenvalue weighted by Gasteiger charge is 2.29. The lowest BCUT2D eigenvalue weighted by molar-refractivity contribution is 0.0902. The van der Waals surface area contributed by atoms with Crippen LogP contribution in [0.3, 0.4) is 0 Å². The van der Waals surface area contributed by atoms with Crippen LogP contribution in [0.2, 0.25) is 0 Å². The first kappa shape index (κ1) is 21.4. The zero-order valence-electron chi connectivity index (χ0n) is 17.6. The average molecular weight is 440 g/mol. The van der Waals surface area contributed by atoms with Gasteiger partial charge < -0.3 is 4.98 Å². The Kier molecular flexibility index (Phi) is 5.79. The molecule has 2 aromatic carbocycles. The van der Waals surface area contributed by atoms with Gasteiger partial charge in [0.15, 0.2) is 11.6 Å². The highest BCUT2D eigenvalue weighted by molar-refractivity contribution is 7.89. The molecule has 1 aliphatic heterocycles. The van der Waals surface area contributed by atoms with E-state index in [1.165, 1.54) is 35.5 Å². The van der Waals surface area contributed by atoms with Gasteiger partial charge in [-0.1, -0.05) is 30.3 Å². The van der Waals surface area contributed by atoms with Crippen molar-refractivity contribution in [3.8, 4) is 0 Å². The quantitative estimate of drug-likeness (QED) is 0.597. The molecule has 8 heteroatoms. The molecule has 0 saturated carbocycles. The molecule has 4 rings (SSSR count). The van der Waals surface area contributed by atoms with Crippen LogP contribution in [-0.4, -0.2) is 66.9 Å². The number of Topliss-reactive ketones (excluding diaryl/α,β-unsaturated/α-hetero) is 2. The van der Waals surface area contributed by atoms with Gasteiger partial charge in [0.25, 0.3) is 0 Å². The topological polar surface area (TPSA) is 90.6 Å². The number of carbonyl (C=O) groups is 2. The molecule has 0 atom stereocenters. The molecule has 0 unspecified atom stereocenters. The second-order valence-corrected chi connectivity index (χ2v) is 9.79. The number of hydrogen-bond donors (Lipinski definition) is 1. The molecule has 0 spiro atoms. The Morgan fingerprint density at radius 1 is 0.968 bits per heavy atom. The van der Waals surface area contributed by atoms with Crippen LogP contribution in [0.1, 0.15) is 33.3 Å². The van der Waals surface area contributed by atoms with Gasteiger partial charge in [0.2, 0.25) is 10.0 Å². The maximum Gasteiger partial charge on any atom is 0.243 e. The van der Waals surface area contributed by atoms with Crippen LogP contribution >= 0.6 is 0 Å². The summed E-state index contributed by atoms with van der Waals surface area (Å²) in [5.41, 5.74) is 2.97. The lowest BCUT2D eigenvalue weighted by atomic mass is 10.1. The van der Waals surface area contributed by atoms with Gasteiger partial charge in [0, 0.05) is 53.9 Å². The van der Waals surface area contributed by atoms with Crippen molar-refractivity contribution in [1.29, 1.82) is 0 Å². The fraction of sp³-hybridized carbons (Fsp3) is 0.304. The van der Waals surface area contributed by atoms with Crippen molar-refractivity contribution >= 4 is 32.5 Å². The van der Waals surface area contributed by atoms with E-state index in [0.29, 0.717) is 37.3 Å². The predicted molar refractivity (Wildman–Crippen MR) is 119 cm³/mol. The summed E-state index contributed by atoms with van der Waals surface area (Å²) in [7, 11) is -3.63. The zero-order valence-corrected chi connectivity index (χ0v) is 18.4. The number of para-hydroxylation sites is 1. The molecule has 1 N–H and O–H groups in total.